The molecule has 0 atom stereocenters. The summed E-state index contributed by atoms with van der Waals surface area (Å²) in [6.45, 7) is 3.10. The zero-order valence-electron chi connectivity index (χ0n) is 14.5. The Kier molecular flexibility index (Phi) is 5.84. The Morgan fingerprint density at radius 1 is 0.923 bits per heavy atom. The summed E-state index contributed by atoms with van der Waals surface area (Å²) in [5.41, 5.74) is 1.16. The van der Waals surface area contributed by atoms with Crippen LogP contribution in [-0.4, -0.2) is 49.4 Å². The van der Waals surface area contributed by atoms with Crippen molar-refractivity contribution in [1.29, 1.82) is 0 Å². The zero-order valence-corrected chi connectivity index (χ0v) is 14.5. The maximum absolute atomic E-state index is 13.6. The van der Waals surface area contributed by atoms with Gasteiger partial charge in [-0.1, -0.05) is 30.3 Å². The summed E-state index contributed by atoms with van der Waals surface area (Å²) in [5.74, 6) is -1.05. The molecule has 2 aromatic carbocycles. The number of hydrogen-bond acceptors (Lipinski definition) is 3. The van der Waals surface area contributed by atoms with Crippen molar-refractivity contribution in [2.75, 3.05) is 37.6 Å². The molecule has 1 aliphatic heterocycles. The van der Waals surface area contributed by atoms with E-state index in [1.807, 2.05) is 23.1 Å². The largest absolute Gasteiger partial charge is 0.368 e. The average Bonchev–Trinajstić information content (AvgIpc) is 2.69. The van der Waals surface area contributed by atoms with Crippen molar-refractivity contribution in [2.45, 2.75) is 6.42 Å². The monoisotopic (exact) mass is 355 g/mol. The molecule has 3 rings (SSSR count). The number of para-hydroxylation sites is 1. The summed E-state index contributed by atoms with van der Waals surface area (Å²) in [5, 5.41) is 2.61. The number of amides is 2. The van der Waals surface area contributed by atoms with Gasteiger partial charge in [0.25, 0.3) is 5.91 Å². The first-order valence-corrected chi connectivity index (χ1v) is 8.75. The van der Waals surface area contributed by atoms with E-state index in [9.17, 15) is 14.0 Å². The number of benzene rings is 2. The van der Waals surface area contributed by atoms with E-state index in [1.165, 1.54) is 18.2 Å². The van der Waals surface area contributed by atoms with Gasteiger partial charge < -0.3 is 15.1 Å². The summed E-state index contributed by atoms with van der Waals surface area (Å²) < 4.78 is 13.6. The maximum Gasteiger partial charge on any atom is 0.254 e. The number of anilines is 1. The third-order valence-corrected chi connectivity index (χ3v) is 4.50. The predicted octanol–water partition coefficient (Wildman–Crippen LogP) is 2.29. The average molecular weight is 355 g/mol. The van der Waals surface area contributed by atoms with Crippen LogP contribution in [0.4, 0.5) is 10.1 Å². The number of piperazine rings is 1. The maximum atomic E-state index is 13.6. The van der Waals surface area contributed by atoms with Crippen LogP contribution in [0.25, 0.3) is 0 Å². The molecule has 2 aromatic rings. The molecule has 1 fully saturated rings. The number of carbonyl (C=O) groups excluding carboxylic acids is 2. The molecule has 1 heterocycles. The highest BCUT2D eigenvalue weighted by atomic mass is 19.1. The minimum absolute atomic E-state index is 0.00331. The number of halogens is 1. The second-order valence-corrected chi connectivity index (χ2v) is 6.19. The van der Waals surface area contributed by atoms with Gasteiger partial charge in [0.2, 0.25) is 5.91 Å². The molecule has 136 valence electrons. The van der Waals surface area contributed by atoms with E-state index < -0.39 is 11.7 Å². The van der Waals surface area contributed by atoms with Crippen LogP contribution in [0.3, 0.4) is 0 Å². The fourth-order valence-corrected chi connectivity index (χ4v) is 3.03. The van der Waals surface area contributed by atoms with Crippen molar-refractivity contribution in [1.82, 2.24) is 10.2 Å². The number of carbonyl (C=O) groups is 2. The highest BCUT2D eigenvalue weighted by Crippen LogP contribution is 2.15. The molecule has 0 radical (unpaired) electrons. The van der Waals surface area contributed by atoms with Gasteiger partial charge in [-0.15, -0.1) is 0 Å². The molecule has 1 N–H and O–H groups in total. The summed E-state index contributed by atoms with van der Waals surface area (Å²) >= 11 is 0. The van der Waals surface area contributed by atoms with Crippen molar-refractivity contribution in [3.05, 3.63) is 66.0 Å². The number of rotatable bonds is 5. The Labute approximate surface area is 152 Å². The Hall–Kier alpha value is -2.89. The lowest BCUT2D eigenvalue weighted by Crippen LogP contribution is -2.49. The van der Waals surface area contributed by atoms with Crippen molar-refractivity contribution < 1.29 is 14.0 Å². The van der Waals surface area contributed by atoms with Crippen molar-refractivity contribution in [2.24, 2.45) is 0 Å². The zero-order chi connectivity index (χ0) is 18.4. The SMILES string of the molecule is O=C(NCCC(=O)N1CCN(c2ccccc2)CC1)c1ccccc1F. The van der Waals surface area contributed by atoms with Gasteiger partial charge in [0, 0.05) is 44.8 Å². The van der Waals surface area contributed by atoms with Gasteiger partial charge in [0.1, 0.15) is 5.82 Å². The van der Waals surface area contributed by atoms with Gasteiger partial charge >= 0.3 is 0 Å². The smallest absolute Gasteiger partial charge is 0.254 e. The van der Waals surface area contributed by atoms with Crippen LogP contribution in [0.5, 0.6) is 0 Å². The topological polar surface area (TPSA) is 52.7 Å². The summed E-state index contributed by atoms with van der Waals surface area (Å²) in [4.78, 5) is 28.3. The van der Waals surface area contributed by atoms with E-state index in [4.69, 9.17) is 0 Å². The fourth-order valence-electron chi connectivity index (χ4n) is 3.03. The molecule has 0 unspecified atom stereocenters. The van der Waals surface area contributed by atoms with Gasteiger partial charge in [-0.05, 0) is 24.3 Å². The molecular formula is C20H22FN3O2. The highest BCUT2D eigenvalue weighted by molar-refractivity contribution is 5.94. The number of nitrogens with one attached hydrogen (secondary N) is 1. The molecule has 2 amide bonds. The molecule has 0 saturated carbocycles. The lowest BCUT2D eigenvalue weighted by atomic mass is 10.2. The van der Waals surface area contributed by atoms with Gasteiger partial charge in [-0.2, -0.15) is 0 Å². The molecule has 26 heavy (non-hydrogen) atoms. The summed E-state index contributed by atoms with van der Waals surface area (Å²) in [6, 6.07) is 15.9. The van der Waals surface area contributed by atoms with Gasteiger partial charge in [-0.3, -0.25) is 9.59 Å². The van der Waals surface area contributed by atoms with Crippen LogP contribution in [-0.2, 0) is 4.79 Å². The van der Waals surface area contributed by atoms with Crippen LogP contribution < -0.4 is 10.2 Å². The molecule has 0 aromatic heterocycles. The van der Waals surface area contributed by atoms with E-state index in [1.54, 1.807) is 6.07 Å². The molecule has 5 nitrogen and oxygen atoms in total. The molecule has 0 aliphatic carbocycles. The van der Waals surface area contributed by atoms with Gasteiger partial charge in [0.15, 0.2) is 0 Å². The molecule has 0 spiro atoms. The third kappa shape index (κ3) is 4.39. The molecule has 1 aliphatic rings. The number of hydrogen-bond donors (Lipinski definition) is 1. The van der Waals surface area contributed by atoms with Crippen LogP contribution in [0, 0.1) is 5.82 Å². The summed E-state index contributed by atoms with van der Waals surface area (Å²) in [6.07, 6.45) is 0.214. The van der Waals surface area contributed by atoms with Crippen LogP contribution in [0.2, 0.25) is 0 Å². The van der Waals surface area contributed by atoms with Gasteiger partial charge in [0.05, 0.1) is 5.56 Å². The quantitative estimate of drug-likeness (QED) is 0.895. The van der Waals surface area contributed by atoms with Crippen LogP contribution >= 0.6 is 0 Å². The van der Waals surface area contributed by atoms with Crippen molar-refractivity contribution >= 4 is 17.5 Å². The van der Waals surface area contributed by atoms with Crippen LogP contribution in [0.1, 0.15) is 16.8 Å². The highest BCUT2D eigenvalue weighted by Gasteiger charge is 2.21. The third-order valence-electron chi connectivity index (χ3n) is 4.50. The van der Waals surface area contributed by atoms with Crippen molar-refractivity contribution in [3.63, 3.8) is 0 Å². The minimum atomic E-state index is -0.562. The van der Waals surface area contributed by atoms with Gasteiger partial charge in [-0.25, -0.2) is 4.39 Å². The Morgan fingerprint density at radius 2 is 1.58 bits per heavy atom. The lowest BCUT2D eigenvalue weighted by Gasteiger charge is -2.36. The molecule has 1 saturated heterocycles. The Balaban J connectivity index is 1.42. The molecule has 0 bridgehead atoms. The first kappa shape index (κ1) is 17.9. The molecule has 6 heteroatoms. The number of nitrogens with zero attached hydrogens (tertiary/aromatic N) is 2. The van der Waals surface area contributed by atoms with Crippen LogP contribution in [0.15, 0.2) is 54.6 Å². The predicted molar refractivity (Wildman–Crippen MR) is 98.6 cm³/mol. The standard InChI is InChI=1S/C20H22FN3O2/c21-18-9-5-4-8-17(18)20(26)22-11-10-19(25)24-14-12-23(13-15-24)16-6-2-1-3-7-16/h1-9H,10-15H2,(H,22,26). The normalized spacial score (nSPS) is 14.2. The first-order chi connectivity index (χ1) is 12.6. The second kappa shape index (κ2) is 8.47. The van der Waals surface area contributed by atoms with E-state index >= 15 is 0 Å². The lowest BCUT2D eigenvalue weighted by molar-refractivity contribution is -0.131. The van der Waals surface area contributed by atoms with E-state index in [0.29, 0.717) is 13.1 Å². The van der Waals surface area contributed by atoms with E-state index in [-0.39, 0.29) is 24.4 Å². The fraction of sp³-hybridized carbons (Fsp3) is 0.300. The second-order valence-electron chi connectivity index (χ2n) is 6.19. The minimum Gasteiger partial charge on any atom is -0.368 e. The van der Waals surface area contributed by atoms with E-state index in [0.717, 1.165) is 18.8 Å². The van der Waals surface area contributed by atoms with E-state index in [2.05, 4.69) is 22.3 Å². The van der Waals surface area contributed by atoms with Crippen molar-refractivity contribution in [3.8, 4) is 0 Å². The first-order valence-electron chi connectivity index (χ1n) is 8.75. The Bertz CT molecular complexity index is 759. The summed E-state index contributed by atoms with van der Waals surface area (Å²) in [7, 11) is 0. The Morgan fingerprint density at radius 3 is 2.27 bits per heavy atom. The molecular weight excluding hydrogens is 333 g/mol.